The lowest BCUT2D eigenvalue weighted by atomic mass is 10.2. The quantitative estimate of drug-likeness (QED) is 0.801. The van der Waals surface area contributed by atoms with Gasteiger partial charge in [0.2, 0.25) is 5.91 Å². The van der Waals surface area contributed by atoms with Crippen LogP contribution in [0.5, 0.6) is 0 Å². The average Bonchev–Trinajstić information content (AvgIpc) is 2.81. The molecule has 2 rings (SSSR count). The van der Waals surface area contributed by atoms with E-state index in [1.807, 2.05) is 16.8 Å². The fraction of sp³-hybridized carbons (Fsp3) is 0.545. The Morgan fingerprint density at radius 2 is 2.62 bits per heavy atom. The summed E-state index contributed by atoms with van der Waals surface area (Å²) < 4.78 is 5.49. The highest BCUT2D eigenvalue weighted by Gasteiger charge is 2.14. The lowest BCUT2D eigenvalue weighted by Crippen LogP contribution is -2.45. The minimum absolute atomic E-state index is 0.0626. The van der Waals surface area contributed by atoms with Crippen LogP contribution in [0, 0.1) is 0 Å². The van der Waals surface area contributed by atoms with Gasteiger partial charge in [-0.2, -0.15) is 11.3 Å². The maximum Gasteiger partial charge on any atom is 0.224 e. The second-order valence-electron chi connectivity index (χ2n) is 3.81. The molecule has 0 aliphatic carbocycles. The van der Waals surface area contributed by atoms with Crippen LogP contribution in [-0.2, 0) is 16.0 Å². The van der Waals surface area contributed by atoms with E-state index in [9.17, 15) is 4.79 Å². The summed E-state index contributed by atoms with van der Waals surface area (Å²) in [6.45, 7) is 3.04. The summed E-state index contributed by atoms with van der Waals surface area (Å²) in [6, 6.07) is 1.98. The Balaban J connectivity index is 1.67. The van der Waals surface area contributed by atoms with E-state index in [1.165, 1.54) is 0 Å². The molecule has 16 heavy (non-hydrogen) atoms. The molecule has 5 heteroatoms. The van der Waals surface area contributed by atoms with E-state index in [4.69, 9.17) is 4.74 Å². The van der Waals surface area contributed by atoms with Crippen LogP contribution in [0.15, 0.2) is 16.8 Å². The highest BCUT2D eigenvalue weighted by atomic mass is 32.1. The first-order valence-electron chi connectivity index (χ1n) is 5.44. The molecular weight excluding hydrogens is 224 g/mol. The van der Waals surface area contributed by atoms with Crippen LogP contribution in [0.1, 0.15) is 5.56 Å². The second kappa shape index (κ2) is 5.98. The zero-order valence-electron chi connectivity index (χ0n) is 9.07. The fourth-order valence-electron chi connectivity index (χ4n) is 1.62. The molecule has 0 spiro atoms. The van der Waals surface area contributed by atoms with Gasteiger partial charge in [0.15, 0.2) is 0 Å². The van der Waals surface area contributed by atoms with Crippen LogP contribution in [0.4, 0.5) is 0 Å². The Hall–Kier alpha value is -0.910. The van der Waals surface area contributed by atoms with Crippen LogP contribution in [0.25, 0.3) is 0 Å². The molecule has 0 bridgehead atoms. The van der Waals surface area contributed by atoms with Crippen molar-refractivity contribution in [3.8, 4) is 0 Å². The largest absolute Gasteiger partial charge is 0.374 e. The van der Waals surface area contributed by atoms with Gasteiger partial charge < -0.3 is 15.4 Å². The Morgan fingerprint density at radius 3 is 3.31 bits per heavy atom. The number of carbonyl (C=O) groups is 1. The maximum absolute atomic E-state index is 11.6. The minimum atomic E-state index is 0.0626. The molecule has 1 fully saturated rings. The van der Waals surface area contributed by atoms with E-state index in [1.54, 1.807) is 11.3 Å². The van der Waals surface area contributed by atoms with Crippen molar-refractivity contribution in [1.82, 2.24) is 10.6 Å². The third kappa shape index (κ3) is 3.59. The molecule has 2 heterocycles. The summed E-state index contributed by atoms with van der Waals surface area (Å²) in [6.07, 6.45) is 0.573. The van der Waals surface area contributed by atoms with Gasteiger partial charge in [0, 0.05) is 19.6 Å². The minimum Gasteiger partial charge on any atom is -0.374 e. The summed E-state index contributed by atoms with van der Waals surface area (Å²) >= 11 is 1.61. The van der Waals surface area contributed by atoms with Crippen molar-refractivity contribution in [2.45, 2.75) is 12.5 Å². The Labute approximate surface area is 99.0 Å². The monoisotopic (exact) mass is 240 g/mol. The molecule has 1 saturated heterocycles. The summed E-state index contributed by atoms with van der Waals surface area (Å²) in [5.74, 6) is 0.0626. The number of hydrogen-bond acceptors (Lipinski definition) is 4. The molecule has 1 unspecified atom stereocenters. The highest BCUT2D eigenvalue weighted by molar-refractivity contribution is 7.07. The van der Waals surface area contributed by atoms with Crippen molar-refractivity contribution in [3.63, 3.8) is 0 Å². The van der Waals surface area contributed by atoms with E-state index in [0.717, 1.165) is 25.3 Å². The molecule has 2 N–H and O–H groups in total. The third-order valence-electron chi connectivity index (χ3n) is 2.48. The van der Waals surface area contributed by atoms with Crippen molar-refractivity contribution >= 4 is 17.2 Å². The first-order valence-corrected chi connectivity index (χ1v) is 6.39. The highest BCUT2D eigenvalue weighted by Crippen LogP contribution is 2.06. The Kier molecular flexibility index (Phi) is 4.33. The number of amides is 1. The van der Waals surface area contributed by atoms with Gasteiger partial charge in [-0.25, -0.2) is 0 Å². The molecule has 88 valence electrons. The predicted molar refractivity (Wildman–Crippen MR) is 63.6 cm³/mol. The molecular formula is C11H16N2O2S. The van der Waals surface area contributed by atoms with Gasteiger partial charge >= 0.3 is 0 Å². The summed E-state index contributed by atoms with van der Waals surface area (Å²) in [5.41, 5.74) is 1.07. The normalized spacial score (nSPS) is 20.6. The smallest absolute Gasteiger partial charge is 0.224 e. The van der Waals surface area contributed by atoms with Crippen molar-refractivity contribution in [3.05, 3.63) is 22.4 Å². The van der Waals surface area contributed by atoms with Crippen LogP contribution < -0.4 is 10.6 Å². The van der Waals surface area contributed by atoms with Crippen molar-refractivity contribution < 1.29 is 9.53 Å². The molecule has 1 aromatic heterocycles. The zero-order chi connectivity index (χ0) is 11.2. The number of carbonyl (C=O) groups excluding carboxylic acids is 1. The van der Waals surface area contributed by atoms with E-state index >= 15 is 0 Å². The van der Waals surface area contributed by atoms with Crippen LogP contribution in [0.3, 0.4) is 0 Å². The standard InChI is InChI=1S/C11H16N2O2S/c14-11(5-9-1-4-16-8-9)13-7-10-6-12-2-3-15-10/h1,4,8,10,12H,2-3,5-7H2,(H,13,14). The number of rotatable bonds is 4. The number of morpholine rings is 1. The van der Waals surface area contributed by atoms with E-state index in [2.05, 4.69) is 10.6 Å². The number of thiophene rings is 1. The van der Waals surface area contributed by atoms with Crippen molar-refractivity contribution in [1.29, 1.82) is 0 Å². The summed E-state index contributed by atoms with van der Waals surface area (Å²) in [5, 5.41) is 10.1. The number of ether oxygens (including phenoxy) is 1. The maximum atomic E-state index is 11.6. The molecule has 1 atom stereocenters. The van der Waals surface area contributed by atoms with Crippen LogP contribution in [-0.4, -0.2) is 38.3 Å². The number of hydrogen-bond donors (Lipinski definition) is 2. The summed E-state index contributed by atoms with van der Waals surface area (Å²) in [4.78, 5) is 11.6. The molecule has 1 aromatic rings. The van der Waals surface area contributed by atoms with Gasteiger partial charge in [-0.15, -0.1) is 0 Å². The summed E-state index contributed by atoms with van der Waals surface area (Å²) in [7, 11) is 0. The molecule has 1 aliphatic rings. The second-order valence-corrected chi connectivity index (χ2v) is 4.59. The third-order valence-corrected chi connectivity index (χ3v) is 3.21. The molecule has 0 radical (unpaired) electrons. The lowest BCUT2D eigenvalue weighted by molar-refractivity contribution is -0.121. The van der Waals surface area contributed by atoms with Crippen molar-refractivity contribution in [2.24, 2.45) is 0 Å². The molecule has 0 aromatic carbocycles. The molecule has 4 nitrogen and oxygen atoms in total. The molecule has 1 aliphatic heterocycles. The first-order chi connectivity index (χ1) is 7.84. The zero-order valence-corrected chi connectivity index (χ0v) is 9.89. The molecule has 1 amide bonds. The van der Waals surface area contributed by atoms with Gasteiger partial charge in [0.05, 0.1) is 19.1 Å². The number of nitrogens with one attached hydrogen (secondary N) is 2. The first kappa shape index (κ1) is 11.6. The van der Waals surface area contributed by atoms with E-state index in [0.29, 0.717) is 13.0 Å². The van der Waals surface area contributed by atoms with Gasteiger partial charge in [-0.05, 0) is 22.4 Å². The van der Waals surface area contributed by atoms with E-state index < -0.39 is 0 Å². The topological polar surface area (TPSA) is 50.4 Å². The molecule has 0 saturated carbocycles. The van der Waals surface area contributed by atoms with Crippen LogP contribution in [0.2, 0.25) is 0 Å². The van der Waals surface area contributed by atoms with Gasteiger partial charge in [-0.3, -0.25) is 4.79 Å². The lowest BCUT2D eigenvalue weighted by Gasteiger charge is -2.23. The van der Waals surface area contributed by atoms with Gasteiger partial charge in [0.1, 0.15) is 0 Å². The van der Waals surface area contributed by atoms with Gasteiger partial charge in [0.25, 0.3) is 0 Å². The predicted octanol–water partition coefficient (Wildman–Crippen LogP) is 0.395. The van der Waals surface area contributed by atoms with Gasteiger partial charge in [-0.1, -0.05) is 0 Å². The van der Waals surface area contributed by atoms with E-state index in [-0.39, 0.29) is 12.0 Å². The van der Waals surface area contributed by atoms with Crippen LogP contribution >= 0.6 is 11.3 Å². The average molecular weight is 240 g/mol. The Morgan fingerprint density at radius 1 is 1.69 bits per heavy atom. The SMILES string of the molecule is O=C(Cc1ccsc1)NCC1CNCCO1. The van der Waals surface area contributed by atoms with Crippen molar-refractivity contribution in [2.75, 3.05) is 26.2 Å². The fourth-order valence-corrected chi connectivity index (χ4v) is 2.29. The Bertz CT molecular complexity index is 321.